The fourth-order valence-electron chi connectivity index (χ4n) is 2.57. The summed E-state index contributed by atoms with van der Waals surface area (Å²) in [7, 11) is -4.73. The Morgan fingerprint density at radius 3 is 2.48 bits per heavy atom. The fraction of sp³-hybridized carbons (Fsp3) is 0.100. The molecule has 0 spiro atoms. The molecule has 0 aliphatic heterocycles. The third kappa shape index (κ3) is 6.34. The van der Waals surface area contributed by atoms with Crippen LogP contribution >= 0.6 is 7.82 Å². The van der Waals surface area contributed by atoms with Crippen LogP contribution in [0.25, 0.3) is 0 Å². The maximum atomic E-state index is 13.1. The zero-order valence-corrected chi connectivity index (χ0v) is 17.1. The molecule has 0 fully saturated rings. The molecule has 0 bridgehead atoms. The second kappa shape index (κ2) is 9.23. The summed E-state index contributed by atoms with van der Waals surface area (Å²) in [5.41, 5.74) is 0.509. The van der Waals surface area contributed by atoms with Gasteiger partial charge < -0.3 is 19.8 Å². The molecule has 9 nitrogen and oxygen atoms in total. The van der Waals surface area contributed by atoms with E-state index in [1.54, 1.807) is 25.1 Å². The van der Waals surface area contributed by atoms with E-state index in [0.717, 1.165) is 16.2 Å². The van der Waals surface area contributed by atoms with Crippen molar-refractivity contribution in [2.24, 2.45) is 0 Å². The van der Waals surface area contributed by atoms with E-state index >= 15 is 0 Å². The highest BCUT2D eigenvalue weighted by atomic mass is 31.2. The van der Waals surface area contributed by atoms with Crippen LogP contribution in [0.15, 0.2) is 65.6 Å². The Labute approximate surface area is 175 Å². The number of nitrogens with zero attached hydrogens (tertiary/aromatic N) is 1. The Kier molecular flexibility index (Phi) is 6.67. The van der Waals surface area contributed by atoms with Gasteiger partial charge >= 0.3 is 7.82 Å². The smallest absolute Gasteiger partial charge is 0.457 e. The molecule has 31 heavy (non-hydrogen) atoms. The van der Waals surface area contributed by atoms with Crippen LogP contribution in [0.3, 0.4) is 0 Å². The van der Waals surface area contributed by atoms with Crippen LogP contribution in [-0.2, 0) is 15.8 Å². The minimum atomic E-state index is -4.73. The Morgan fingerprint density at radius 2 is 1.84 bits per heavy atom. The Hall–Kier alpha value is -3.30. The molecule has 1 amide bonds. The molecule has 0 aliphatic carbocycles. The van der Waals surface area contributed by atoms with E-state index in [1.165, 1.54) is 36.5 Å². The van der Waals surface area contributed by atoms with Crippen molar-refractivity contribution in [3.63, 3.8) is 0 Å². The summed E-state index contributed by atoms with van der Waals surface area (Å²) in [6, 6.07) is 12.7. The van der Waals surface area contributed by atoms with E-state index in [2.05, 4.69) is 9.84 Å². The summed E-state index contributed by atoms with van der Waals surface area (Å²) in [4.78, 5) is 42.3. The number of halogens is 1. The maximum absolute atomic E-state index is 13.1. The molecule has 3 N–H and O–H groups in total. The van der Waals surface area contributed by atoms with Crippen LogP contribution in [0.5, 0.6) is 11.5 Å². The third-order valence-electron chi connectivity index (χ3n) is 4.04. The highest BCUT2D eigenvalue weighted by Crippen LogP contribution is 2.35. The standard InChI is InChI=1S/C20H18FN2O7P/c1-13-2-7-18(30-16-5-3-14(21)4-6-16)17(10-13)20(25)22-15-8-9-23(19(24)11-15)12-29-31(26,27)28/h2-11H,12H2,1H3,(H,22,25)(H2,26,27,28). The number of phosphoric ester groups is 1. The summed E-state index contributed by atoms with van der Waals surface area (Å²) >= 11 is 0. The lowest BCUT2D eigenvalue weighted by molar-refractivity contribution is 0.102. The molecule has 3 aromatic rings. The number of pyridine rings is 1. The number of nitrogens with one attached hydrogen (secondary N) is 1. The number of hydrogen-bond donors (Lipinski definition) is 3. The van der Waals surface area contributed by atoms with Crippen molar-refractivity contribution in [3.8, 4) is 11.5 Å². The molecule has 2 aromatic carbocycles. The average Bonchev–Trinajstić information content (AvgIpc) is 2.69. The molecular weight excluding hydrogens is 430 g/mol. The minimum absolute atomic E-state index is 0.164. The summed E-state index contributed by atoms with van der Waals surface area (Å²) in [5, 5.41) is 2.57. The number of aryl methyl sites for hydroxylation is 1. The number of ether oxygens (including phenoxy) is 1. The maximum Gasteiger partial charge on any atom is 0.471 e. The van der Waals surface area contributed by atoms with Crippen LogP contribution in [0, 0.1) is 12.7 Å². The second-order valence-corrected chi connectivity index (χ2v) is 7.72. The van der Waals surface area contributed by atoms with Crippen molar-refractivity contribution in [1.82, 2.24) is 4.57 Å². The minimum Gasteiger partial charge on any atom is -0.457 e. The van der Waals surface area contributed by atoms with Crippen LogP contribution in [0.1, 0.15) is 15.9 Å². The zero-order valence-electron chi connectivity index (χ0n) is 16.2. The number of carbonyl (C=O) groups excluding carboxylic acids is 1. The highest BCUT2D eigenvalue weighted by Gasteiger charge is 2.16. The number of amides is 1. The Balaban J connectivity index is 1.79. The normalized spacial score (nSPS) is 11.2. The van der Waals surface area contributed by atoms with Gasteiger partial charge in [0.05, 0.1) is 5.56 Å². The predicted molar refractivity (Wildman–Crippen MR) is 109 cm³/mol. The molecular formula is C20H18FN2O7P. The lowest BCUT2D eigenvalue weighted by Gasteiger charge is -2.13. The van der Waals surface area contributed by atoms with E-state index in [9.17, 15) is 18.5 Å². The van der Waals surface area contributed by atoms with Gasteiger partial charge in [-0.3, -0.25) is 18.7 Å². The van der Waals surface area contributed by atoms with Gasteiger partial charge in [0.1, 0.15) is 24.0 Å². The van der Waals surface area contributed by atoms with Crippen molar-refractivity contribution in [3.05, 3.63) is 88.1 Å². The number of hydrogen-bond acceptors (Lipinski definition) is 5. The summed E-state index contributed by atoms with van der Waals surface area (Å²) < 4.78 is 34.8. The molecule has 3 rings (SSSR count). The van der Waals surface area contributed by atoms with Gasteiger partial charge in [-0.15, -0.1) is 0 Å². The second-order valence-electron chi connectivity index (χ2n) is 6.48. The van der Waals surface area contributed by atoms with E-state index in [0.29, 0.717) is 5.75 Å². The van der Waals surface area contributed by atoms with Crippen LogP contribution < -0.4 is 15.6 Å². The molecule has 0 saturated heterocycles. The number of anilines is 1. The van der Waals surface area contributed by atoms with E-state index < -0.39 is 31.8 Å². The molecule has 0 unspecified atom stereocenters. The van der Waals surface area contributed by atoms with Gasteiger partial charge in [0.25, 0.3) is 11.5 Å². The fourth-order valence-corrected chi connectivity index (χ4v) is 2.84. The monoisotopic (exact) mass is 448 g/mol. The lowest BCUT2D eigenvalue weighted by Crippen LogP contribution is -2.21. The van der Waals surface area contributed by atoms with Gasteiger partial charge in [0, 0.05) is 18.0 Å². The van der Waals surface area contributed by atoms with Crippen LogP contribution in [0.2, 0.25) is 0 Å². The lowest BCUT2D eigenvalue weighted by atomic mass is 10.1. The van der Waals surface area contributed by atoms with Crippen LogP contribution in [-0.4, -0.2) is 20.3 Å². The molecule has 0 atom stereocenters. The Bertz CT molecular complexity index is 1200. The van der Waals surface area contributed by atoms with Gasteiger partial charge in [-0.2, -0.15) is 0 Å². The van der Waals surface area contributed by atoms with E-state index in [4.69, 9.17) is 14.5 Å². The number of phosphoric acid groups is 1. The molecule has 0 radical (unpaired) electrons. The molecule has 162 valence electrons. The number of benzene rings is 2. The average molecular weight is 448 g/mol. The predicted octanol–water partition coefficient (Wildman–Crippen LogP) is 3.41. The molecule has 0 aliphatic rings. The van der Waals surface area contributed by atoms with Crippen molar-refractivity contribution in [2.75, 3.05) is 5.32 Å². The van der Waals surface area contributed by atoms with Gasteiger partial charge in [-0.05, 0) is 49.4 Å². The van der Waals surface area contributed by atoms with Gasteiger partial charge in [0.2, 0.25) is 0 Å². The van der Waals surface area contributed by atoms with E-state index in [1.807, 2.05) is 0 Å². The zero-order chi connectivity index (χ0) is 22.6. The molecule has 0 saturated carbocycles. The topological polar surface area (TPSA) is 127 Å². The molecule has 1 aromatic heterocycles. The molecule has 1 heterocycles. The summed E-state index contributed by atoms with van der Waals surface area (Å²) in [5.74, 6) is -0.398. The van der Waals surface area contributed by atoms with Gasteiger partial charge in [-0.25, -0.2) is 8.96 Å². The van der Waals surface area contributed by atoms with Gasteiger partial charge in [0.15, 0.2) is 0 Å². The Morgan fingerprint density at radius 1 is 1.13 bits per heavy atom. The number of rotatable bonds is 7. The summed E-state index contributed by atoms with van der Waals surface area (Å²) in [6.07, 6.45) is 1.22. The molecule has 11 heteroatoms. The summed E-state index contributed by atoms with van der Waals surface area (Å²) in [6.45, 7) is 1.14. The highest BCUT2D eigenvalue weighted by molar-refractivity contribution is 7.46. The van der Waals surface area contributed by atoms with Crippen molar-refractivity contribution < 1.29 is 32.8 Å². The number of carbonyl (C=O) groups is 1. The SMILES string of the molecule is Cc1ccc(Oc2ccc(F)cc2)c(C(=O)Nc2ccn(COP(=O)(O)O)c(=O)c2)c1. The van der Waals surface area contributed by atoms with Crippen molar-refractivity contribution >= 4 is 19.4 Å². The van der Waals surface area contributed by atoms with Crippen LogP contribution in [0.4, 0.5) is 10.1 Å². The first kappa shape index (κ1) is 22.4. The van der Waals surface area contributed by atoms with E-state index in [-0.39, 0.29) is 17.0 Å². The number of aromatic nitrogens is 1. The quantitative estimate of drug-likeness (QED) is 0.473. The van der Waals surface area contributed by atoms with Gasteiger partial charge in [-0.1, -0.05) is 11.6 Å². The third-order valence-corrected chi connectivity index (χ3v) is 4.49. The first-order chi connectivity index (χ1) is 14.6. The largest absolute Gasteiger partial charge is 0.471 e. The first-order valence-electron chi connectivity index (χ1n) is 8.87. The first-order valence-corrected chi connectivity index (χ1v) is 10.4. The van der Waals surface area contributed by atoms with Crippen molar-refractivity contribution in [1.29, 1.82) is 0 Å². The van der Waals surface area contributed by atoms with Crippen molar-refractivity contribution in [2.45, 2.75) is 13.7 Å².